The number of carbonyl (C=O) groups is 1. The molecule has 2 aliphatic rings. The zero-order valence-corrected chi connectivity index (χ0v) is 21.8. The van der Waals surface area contributed by atoms with Crippen molar-refractivity contribution in [1.82, 2.24) is 19.8 Å². The first kappa shape index (κ1) is 25.7. The normalized spacial score (nSPS) is 17.2. The van der Waals surface area contributed by atoms with E-state index in [9.17, 15) is 9.59 Å². The van der Waals surface area contributed by atoms with Gasteiger partial charge < -0.3 is 30.2 Å². The minimum absolute atomic E-state index is 0.0996. The Balaban J connectivity index is 1.32. The molecule has 10 heteroatoms. The highest BCUT2D eigenvalue weighted by Crippen LogP contribution is 2.27. The second-order valence-corrected chi connectivity index (χ2v) is 10.8. The minimum atomic E-state index is -0.420. The molecule has 10 nitrogen and oxygen atoms in total. The van der Waals surface area contributed by atoms with Crippen LogP contribution in [0.2, 0.25) is 0 Å². The van der Waals surface area contributed by atoms with Crippen molar-refractivity contribution >= 4 is 23.8 Å². The van der Waals surface area contributed by atoms with E-state index in [1.165, 1.54) is 0 Å². The molecule has 194 valence electrons. The van der Waals surface area contributed by atoms with Gasteiger partial charge in [0, 0.05) is 62.8 Å². The van der Waals surface area contributed by atoms with E-state index >= 15 is 0 Å². The molecule has 2 saturated heterocycles. The predicted octanol–water partition coefficient (Wildman–Crippen LogP) is 3.11. The minimum Gasteiger partial charge on any atom is -0.410 e. The second kappa shape index (κ2) is 10.3. The van der Waals surface area contributed by atoms with Crippen molar-refractivity contribution in [2.45, 2.75) is 52.1 Å². The summed E-state index contributed by atoms with van der Waals surface area (Å²) in [5, 5.41) is 10.8. The van der Waals surface area contributed by atoms with Gasteiger partial charge in [0.2, 0.25) is 0 Å². The highest BCUT2D eigenvalue weighted by atomic mass is 16.6. The Kier molecular flexibility index (Phi) is 7.35. The number of aromatic nitrogens is 2. The molecule has 2 aromatic rings. The quantitative estimate of drug-likeness (QED) is 0.527. The van der Waals surface area contributed by atoms with Gasteiger partial charge in [-0.05, 0) is 58.9 Å². The lowest BCUT2D eigenvalue weighted by Crippen LogP contribution is -2.50. The second-order valence-electron chi connectivity index (χ2n) is 10.8. The largest absolute Gasteiger partial charge is 0.415 e. The van der Waals surface area contributed by atoms with Crippen LogP contribution >= 0.6 is 0 Å². The summed E-state index contributed by atoms with van der Waals surface area (Å²) >= 11 is 0. The predicted molar refractivity (Wildman–Crippen MR) is 142 cm³/mol. The summed E-state index contributed by atoms with van der Waals surface area (Å²) in [7, 11) is 0. The molecule has 0 bridgehead atoms. The zero-order valence-electron chi connectivity index (χ0n) is 21.8. The third-order valence-electron chi connectivity index (χ3n) is 6.59. The van der Waals surface area contributed by atoms with Gasteiger partial charge in [-0.3, -0.25) is 9.69 Å². The van der Waals surface area contributed by atoms with Crippen molar-refractivity contribution in [3.05, 3.63) is 46.0 Å². The maximum absolute atomic E-state index is 12.6. The third-order valence-corrected chi connectivity index (χ3v) is 6.59. The van der Waals surface area contributed by atoms with E-state index in [0.29, 0.717) is 36.5 Å². The molecule has 0 atom stereocenters. The zero-order chi connectivity index (χ0) is 26.0. The lowest BCUT2D eigenvalue weighted by atomic mass is 9.99. The Hall–Kier alpha value is -3.40. The standard InChI is InChI=1S/C26H37N7O3/c1-17(2)31-10-12-32(13-11-31)19-6-8-20(9-7-19)36-25(35)33-15-18(16-33)22-28-23(30-26(3,4)5)21(14-27)24(34)29-22/h6-9,14,17-18,27H,10-13,15-16H2,1-5H3,(H2,28,29,30,34). The van der Waals surface area contributed by atoms with Gasteiger partial charge >= 0.3 is 6.09 Å². The molecule has 1 amide bonds. The SMILES string of the molecule is CC(C)N1CCN(c2ccc(OC(=O)N3CC(c4nc(NC(C)(C)C)c(C=N)c(=O)[nH]4)C3)cc2)CC1. The van der Waals surface area contributed by atoms with Crippen molar-refractivity contribution in [2.75, 3.05) is 49.5 Å². The number of H-pyrrole nitrogens is 1. The van der Waals surface area contributed by atoms with Crippen LogP contribution < -0.4 is 20.5 Å². The van der Waals surface area contributed by atoms with E-state index < -0.39 is 6.09 Å². The molecule has 0 spiro atoms. The third kappa shape index (κ3) is 5.87. The van der Waals surface area contributed by atoms with E-state index in [4.69, 9.17) is 10.1 Å². The van der Waals surface area contributed by atoms with Crippen LogP contribution in [0.4, 0.5) is 16.3 Å². The van der Waals surface area contributed by atoms with Crippen LogP contribution in [0.3, 0.4) is 0 Å². The molecule has 2 fully saturated rings. The molecular weight excluding hydrogens is 458 g/mol. The van der Waals surface area contributed by atoms with Crippen LogP contribution in [0.1, 0.15) is 51.9 Å². The summed E-state index contributed by atoms with van der Waals surface area (Å²) in [6.45, 7) is 15.2. The summed E-state index contributed by atoms with van der Waals surface area (Å²) in [5.41, 5.74) is 0.636. The monoisotopic (exact) mass is 495 g/mol. The number of ether oxygens (including phenoxy) is 1. The van der Waals surface area contributed by atoms with Gasteiger partial charge in [-0.25, -0.2) is 9.78 Å². The molecule has 4 rings (SSSR count). The van der Waals surface area contributed by atoms with Crippen LogP contribution in [-0.4, -0.2) is 82.9 Å². The fraction of sp³-hybridized carbons (Fsp3) is 0.538. The van der Waals surface area contributed by atoms with Crippen LogP contribution in [0.25, 0.3) is 0 Å². The average molecular weight is 496 g/mol. The molecule has 3 N–H and O–H groups in total. The number of aromatic amines is 1. The Morgan fingerprint density at radius 3 is 2.36 bits per heavy atom. The van der Waals surface area contributed by atoms with E-state index in [2.05, 4.69) is 38.9 Å². The van der Waals surface area contributed by atoms with Crippen LogP contribution in [0, 0.1) is 5.41 Å². The van der Waals surface area contributed by atoms with Gasteiger partial charge in [-0.1, -0.05) is 0 Å². The number of anilines is 2. The van der Waals surface area contributed by atoms with Crippen LogP contribution in [0.5, 0.6) is 5.75 Å². The molecule has 3 heterocycles. The van der Waals surface area contributed by atoms with Gasteiger partial charge in [-0.15, -0.1) is 0 Å². The molecule has 1 aromatic heterocycles. The first-order valence-electron chi connectivity index (χ1n) is 12.5. The van der Waals surface area contributed by atoms with Crippen LogP contribution in [0.15, 0.2) is 29.1 Å². The first-order chi connectivity index (χ1) is 17.0. The van der Waals surface area contributed by atoms with Gasteiger partial charge in [-0.2, -0.15) is 0 Å². The molecule has 0 saturated carbocycles. The van der Waals surface area contributed by atoms with E-state index in [1.54, 1.807) is 4.90 Å². The van der Waals surface area contributed by atoms with Crippen molar-refractivity contribution in [2.24, 2.45) is 0 Å². The number of carbonyl (C=O) groups excluding carboxylic acids is 1. The summed E-state index contributed by atoms with van der Waals surface area (Å²) in [4.78, 5) is 38.8. The number of piperazine rings is 1. The summed E-state index contributed by atoms with van der Waals surface area (Å²) in [6.07, 6.45) is 0.585. The van der Waals surface area contributed by atoms with Crippen molar-refractivity contribution in [1.29, 1.82) is 5.41 Å². The van der Waals surface area contributed by atoms with E-state index in [-0.39, 0.29) is 22.6 Å². The molecule has 0 radical (unpaired) electrons. The summed E-state index contributed by atoms with van der Waals surface area (Å²) in [5.74, 6) is 1.29. The Labute approximate surface area is 212 Å². The topological polar surface area (TPSA) is 118 Å². The highest BCUT2D eigenvalue weighted by molar-refractivity contribution is 5.83. The number of hydrogen-bond donors (Lipinski definition) is 3. The maximum Gasteiger partial charge on any atom is 0.415 e. The molecule has 36 heavy (non-hydrogen) atoms. The number of rotatable bonds is 6. The molecule has 0 unspecified atom stereocenters. The molecular formula is C26H37N7O3. The Bertz CT molecular complexity index is 1140. The summed E-state index contributed by atoms with van der Waals surface area (Å²) in [6, 6.07) is 8.22. The summed E-state index contributed by atoms with van der Waals surface area (Å²) < 4.78 is 5.57. The number of hydrogen-bond acceptors (Lipinski definition) is 8. The van der Waals surface area contributed by atoms with Crippen molar-refractivity contribution in [3.8, 4) is 5.75 Å². The number of benzene rings is 1. The first-order valence-corrected chi connectivity index (χ1v) is 12.5. The number of amides is 1. The maximum atomic E-state index is 12.6. The smallest absolute Gasteiger partial charge is 0.410 e. The van der Waals surface area contributed by atoms with Crippen molar-refractivity contribution in [3.63, 3.8) is 0 Å². The number of likely N-dealkylation sites (tertiary alicyclic amines) is 1. The van der Waals surface area contributed by atoms with Gasteiger partial charge in [0.25, 0.3) is 5.56 Å². The van der Waals surface area contributed by atoms with Gasteiger partial charge in [0.1, 0.15) is 17.4 Å². The van der Waals surface area contributed by atoms with Crippen LogP contribution in [-0.2, 0) is 0 Å². The Morgan fingerprint density at radius 1 is 1.17 bits per heavy atom. The van der Waals surface area contributed by atoms with E-state index in [1.807, 2.05) is 45.0 Å². The number of nitrogens with one attached hydrogen (secondary N) is 3. The fourth-order valence-corrected chi connectivity index (χ4v) is 4.47. The van der Waals surface area contributed by atoms with E-state index in [0.717, 1.165) is 38.1 Å². The van der Waals surface area contributed by atoms with Crippen molar-refractivity contribution < 1.29 is 9.53 Å². The highest BCUT2D eigenvalue weighted by Gasteiger charge is 2.35. The fourth-order valence-electron chi connectivity index (χ4n) is 4.47. The molecule has 1 aromatic carbocycles. The molecule has 0 aliphatic carbocycles. The van der Waals surface area contributed by atoms with Gasteiger partial charge in [0.15, 0.2) is 0 Å². The molecule has 2 aliphatic heterocycles. The Morgan fingerprint density at radius 2 is 1.81 bits per heavy atom. The number of nitrogens with zero attached hydrogens (tertiary/aromatic N) is 4. The average Bonchev–Trinajstić information content (AvgIpc) is 2.77. The lowest BCUT2D eigenvalue weighted by Gasteiger charge is -2.38. The van der Waals surface area contributed by atoms with Gasteiger partial charge in [0.05, 0.1) is 11.5 Å². The lowest BCUT2D eigenvalue weighted by molar-refractivity contribution is 0.109.